The fraction of sp³-hybridized carbons (Fsp3) is 0.412. The number of aromatic amines is 2. The van der Waals surface area contributed by atoms with E-state index in [0.717, 1.165) is 0 Å². The summed E-state index contributed by atoms with van der Waals surface area (Å²) in [5.41, 5.74) is 2.33. The lowest BCUT2D eigenvalue weighted by Crippen LogP contribution is -2.35. The first-order valence-electron chi connectivity index (χ1n) is 7.41. The molecular weight excluding hydrogens is 280 g/mol. The Balaban J connectivity index is 0.000000205. The maximum Gasteiger partial charge on any atom is 0.325 e. The molecule has 22 heavy (non-hydrogen) atoms. The fourth-order valence-corrected chi connectivity index (χ4v) is 2.18. The van der Waals surface area contributed by atoms with Gasteiger partial charge in [0.05, 0.1) is 6.61 Å². The number of ether oxygens (including phenoxy) is 1. The first-order chi connectivity index (χ1) is 10.4. The molecule has 3 rings (SSSR count). The Morgan fingerprint density at radius 3 is 2.32 bits per heavy atom. The Morgan fingerprint density at radius 1 is 1.18 bits per heavy atom. The number of benzene rings is 1. The minimum atomic E-state index is -0.490. The van der Waals surface area contributed by atoms with Crippen LogP contribution in [-0.2, 0) is 16.6 Å². The summed E-state index contributed by atoms with van der Waals surface area (Å²) in [5.74, 6) is 0. The van der Waals surface area contributed by atoms with Gasteiger partial charge >= 0.3 is 5.69 Å². The lowest BCUT2D eigenvalue weighted by Gasteiger charge is -2.23. The summed E-state index contributed by atoms with van der Waals surface area (Å²) in [6.45, 7) is 6.73. The molecule has 5 nitrogen and oxygen atoms in total. The number of fused-ring (bicyclic) bond motifs is 1. The van der Waals surface area contributed by atoms with Crippen molar-refractivity contribution in [1.29, 1.82) is 0 Å². The van der Waals surface area contributed by atoms with E-state index in [1.165, 1.54) is 23.7 Å². The summed E-state index contributed by atoms with van der Waals surface area (Å²) >= 11 is 0. The zero-order chi connectivity index (χ0) is 16.2. The minimum absolute atomic E-state index is 0.358. The lowest BCUT2D eigenvalue weighted by atomic mass is 9.87. The average Bonchev–Trinajstić information content (AvgIpc) is 3.25. The topological polar surface area (TPSA) is 75.0 Å². The summed E-state index contributed by atoms with van der Waals surface area (Å²) in [5, 5.41) is 0. The first-order valence-corrected chi connectivity index (χ1v) is 7.41. The molecule has 2 N–H and O–H groups in total. The Morgan fingerprint density at radius 2 is 1.82 bits per heavy atom. The Bertz CT molecular complexity index is 723. The summed E-state index contributed by atoms with van der Waals surface area (Å²) in [6, 6.07) is 8.53. The van der Waals surface area contributed by atoms with Crippen molar-refractivity contribution in [2.45, 2.75) is 32.6 Å². The summed E-state index contributed by atoms with van der Waals surface area (Å²) in [4.78, 5) is 27.0. The van der Waals surface area contributed by atoms with E-state index >= 15 is 0 Å². The third kappa shape index (κ3) is 4.18. The van der Waals surface area contributed by atoms with E-state index in [1.807, 2.05) is 20.8 Å². The van der Waals surface area contributed by atoms with E-state index < -0.39 is 11.1 Å². The molecule has 118 valence electrons. The third-order valence-electron chi connectivity index (χ3n) is 3.59. The first kappa shape index (κ1) is 16.2. The van der Waals surface area contributed by atoms with Gasteiger partial charge in [0, 0.05) is 23.8 Å². The molecule has 0 fully saturated rings. The molecule has 1 heterocycles. The summed E-state index contributed by atoms with van der Waals surface area (Å²) in [6.07, 6.45) is 2.69. The van der Waals surface area contributed by atoms with Crippen molar-refractivity contribution in [2.75, 3.05) is 13.2 Å². The predicted molar refractivity (Wildman–Crippen MR) is 86.5 cm³/mol. The van der Waals surface area contributed by atoms with Crippen LogP contribution in [-0.4, -0.2) is 23.2 Å². The molecule has 0 radical (unpaired) electrons. The quantitative estimate of drug-likeness (QED) is 0.773. The molecular formula is C17H22N2O3. The molecule has 0 atom stereocenters. The number of H-pyrrole nitrogens is 2. The molecule has 0 amide bonds. The number of hydrogen-bond acceptors (Lipinski definition) is 3. The number of aromatic nitrogens is 2. The number of hydrogen-bond donors (Lipinski definition) is 2. The molecule has 1 aliphatic rings. The van der Waals surface area contributed by atoms with Crippen molar-refractivity contribution in [1.82, 2.24) is 9.97 Å². The largest absolute Gasteiger partial charge is 0.381 e. The van der Waals surface area contributed by atoms with Gasteiger partial charge in [-0.25, -0.2) is 4.79 Å². The Labute approximate surface area is 129 Å². The predicted octanol–water partition coefficient (Wildman–Crippen LogP) is 1.97. The van der Waals surface area contributed by atoms with Gasteiger partial charge in [-0.2, -0.15) is 0 Å². The Kier molecular flexibility index (Phi) is 4.98. The molecule has 0 bridgehead atoms. The maximum atomic E-state index is 11.5. The van der Waals surface area contributed by atoms with Crippen LogP contribution in [0, 0.1) is 0 Å². The average molecular weight is 302 g/mol. The van der Waals surface area contributed by atoms with Crippen LogP contribution in [0.5, 0.6) is 0 Å². The Hall–Kier alpha value is -2.14. The van der Waals surface area contributed by atoms with Gasteiger partial charge in [0.15, 0.2) is 0 Å². The minimum Gasteiger partial charge on any atom is -0.381 e. The zero-order valence-corrected chi connectivity index (χ0v) is 13.2. The zero-order valence-electron chi connectivity index (χ0n) is 13.2. The molecule has 0 spiro atoms. The molecule has 0 unspecified atom stereocenters. The molecule has 1 aromatic heterocycles. The second-order valence-electron chi connectivity index (χ2n) is 5.95. The lowest BCUT2D eigenvalue weighted by molar-refractivity contribution is 0.105. The van der Waals surface area contributed by atoms with Crippen LogP contribution in [0.1, 0.15) is 37.5 Å². The van der Waals surface area contributed by atoms with Gasteiger partial charge in [0.1, 0.15) is 0 Å². The van der Waals surface area contributed by atoms with Gasteiger partial charge in [-0.05, 0) is 24.5 Å². The van der Waals surface area contributed by atoms with Crippen LogP contribution < -0.4 is 11.2 Å². The van der Waals surface area contributed by atoms with Crippen LogP contribution in [0.3, 0.4) is 0 Å². The highest BCUT2D eigenvalue weighted by molar-refractivity contribution is 5.44. The van der Waals surface area contributed by atoms with E-state index in [-0.39, 0.29) is 5.56 Å². The van der Waals surface area contributed by atoms with E-state index in [9.17, 15) is 9.59 Å². The van der Waals surface area contributed by atoms with Crippen LogP contribution in [0.4, 0.5) is 0 Å². The van der Waals surface area contributed by atoms with E-state index in [2.05, 4.69) is 34.2 Å². The highest BCUT2D eigenvalue weighted by Crippen LogP contribution is 2.25. The number of rotatable bonds is 4. The van der Waals surface area contributed by atoms with E-state index in [1.54, 1.807) is 0 Å². The van der Waals surface area contributed by atoms with Crippen molar-refractivity contribution in [2.24, 2.45) is 0 Å². The van der Waals surface area contributed by atoms with Gasteiger partial charge in [-0.1, -0.05) is 38.1 Å². The van der Waals surface area contributed by atoms with Crippen molar-refractivity contribution >= 4 is 0 Å². The van der Waals surface area contributed by atoms with Crippen molar-refractivity contribution in [3.05, 3.63) is 68.0 Å². The van der Waals surface area contributed by atoms with Crippen LogP contribution >= 0.6 is 0 Å². The van der Waals surface area contributed by atoms with Crippen LogP contribution in [0.2, 0.25) is 0 Å². The maximum absolute atomic E-state index is 11.5. The second kappa shape index (κ2) is 6.75. The third-order valence-corrected chi connectivity index (χ3v) is 3.59. The molecule has 0 saturated carbocycles. The van der Waals surface area contributed by atoms with Crippen molar-refractivity contribution < 1.29 is 4.74 Å². The van der Waals surface area contributed by atoms with Crippen LogP contribution in [0.25, 0.3) is 0 Å². The van der Waals surface area contributed by atoms with Gasteiger partial charge in [0.2, 0.25) is 0 Å². The van der Waals surface area contributed by atoms with Gasteiger partial charge in [-0.3, -0.25) is 9.78 Å². The second-order valence-corrected chi connectivity index (χ2v) is 5.95. The van der Waals surface area contributed by atoms with Crippen molar-refractivity contribution in [3.63, 3.8) is 0 Å². The summed E-state index contributed by atoms with van der Waals surface area (Å²) in [7, 11) is 0. The highest BCUT2D eigenvalue weighted by atomic mass is 16.5. The summed E-state index contributed by atoms with van der Waals surface area (Å²) < 4.78 is 5.29. The highest BCUT2D eigenvalue weighted by Gasteiger charge is 2.24. The van der Waals surface area contributed by atoms with Gasteiger partial charge in [0.25, 0.3) is 5.56 Å². The van der Waals surface area contributed by atoms with Gasteiger partial charge in [-0.15, -0.1) is 0 Å². The smallest absolute Gasteiger partial charge is 0.325 e. The van der Waals surface area contributed by atoms with Crippen molar-refractivity contribution in [3.8, 4) is 0 Å². The molecule has 5 heteroatoms. The molecule has 1 aliphatic carbocycles. The molecule has 2 aromatic rings. The van der Waals surface area contributed by atoms with Gasteiger partial charge < -0.3 is 9.72 Å². The van der Waals surface area contributed by atoms with E-state index in [4.69, 9.17) is 4.74 Å². The van der Waals surface area contributed by atoms with Crippen LogP contribution in [0.15, 0.2) is 40.1 Å². The fourth-order valence-electron chi connectivity index (χ4n) is 2.18. The normalized spacial score (nSPS) is 12.1. The molecule has 1 aromatic carbocycles. The monoisotopic (exact) mass is 302 g/mol. The standard InChI is InChI=1S/C10H16N2O3.C7H6/c1-4-15-6-10(2,3)7-5-11-9(14)12-8(7)13;1-2-4-7-5-6(7)3-1/h5H,4,6H2,1-3H3,(H2,11,12,13,14);1-4H,5H2. The molecule has 0 aliphatic heterocycles. The number of nitrogens with one attached hydrogen (secondary N) is 2. The SMILES string of the molecule is CCOCC(C)(C)c1c[nH]c(=O)[nH]c1=O.c1ccc2c(c1)C2. The van der Waals surface area contributed by atoms with E-state index in [0.29, 0.717) is 18.8 Å². The molecule has 0 saturated heterocycles.